The molecule has 2 aliphatic rings. The molecule has 0 aliphatic carbocycles. The molecule has 0 bridgehead atoms. The molecule has 1 fully saturated rings. The fourth-order valence-electron chi connectivity index (χ4n) is 3.57. The number of amides is 1. The Balaban J connectivity index is 1.32. The molecule has 8 heteroatoms. The minimum absolute atomic E-state index is 0.0631. The Morgan fingerprint density at radius 3 is 2.85 bits per heavy atom. The summed E-state index contributed by atoms with van der Waals surface area (Å²) in [4.78, 5) is 26.4. The van der Waals surface area contributed by atoms with Crippen molar-refractivity contribution in [2.45, 2.75) is 38.0 Å². The Bertz CT molecular complexity index is 820. The molecule has 0 radical (unpaired) electrons. The quantitative estimate of drug-likeness (QED) is 0.778. The van der Waals surface area contributed by atoms with Gasteiger partial charge in [-0.05, 0) is 30.7 Å². The Labute approximate surface area is 149 Å². The maximum atomic E-state index is 12.9. The number of rotatable bonds is 4. The zero-order chi connectivity index (χ0) is 18.1. The summed E-state index contributed by atoms with van der Waals surface area (Å²) in [6.45, 7) is 1.54. The molecule has 7 nitrogen and oxygen atoms in total. The molecule has 1 saturated heterocycles. The number of ketones is 1. The third kappa shape index (κ3) is 3.24. The van der Waals surface area contributed by atoms with E-state index in [2.05, 4.69) is 10.3 Å². The van der Waals surface area contributed by atoms with Crippen molar-refractivity contribution >= 4 is 11.7 Å². The number of hydrogen-bond acceptors (Lipinski definition) is 5. The van der Waals surface area contributed by atoms with Gasteiger partial charge in [0.1, 0.15) is 5.82 Å². The van der Waals surface area contributed by atoms with Crippen LogP contribution < -0.4 is 0 Å². The Kier molecular flexibility index (Phi) is 4.50. The van der Waals surface area contributed by atoms with Crippen LogP contribution in [0.2, 0.25) is 0 Å². The molecule has 1 amide bonds. The van der Waals surface area contributed by atoms with Crippen LogP contribution in [0.4, 0.5) is 4.39 Å². The summed E-state index contributed by atoms with van der Waals surface area (Å²) in [5.74, 6) is -0.607. The lowest BCUT2D eigenvalue weighted by atomic mass is 9.99. The van der Waals surface area contributed by atoms with E-state index in [-0.39, 0.29) is 42.5 Å². The molecule has 3 heterocycles. The van der Waals surface area contributed by atoms with Crippen LogP contribution in [0.5, 0.6) is 0 Å². The number of halogens is 1. The van der Waals surface area contributed by atoms with Gasteiger partial charge in [-0.3, -0.25) is 9.59 Å². The van der Waals surface area contributed by atoms with Crippen molar-refractivity contribution < 1.29 is 18.7 Å². The first-order chi connectivity index (χ1) is 12.6. The summed E-state index contributed by atoms with van der Waals surface area (Å²) in [6.07, 6.45) is 2.61. The van der Waals surface area contributed by atoms with E-state index in [0.717, 1.165) is 12.1 Å². The average Bonchev–Trinajstić information content (AvgIpc) is 3.15. The van der Waals surface area contributed by atoms with E-state index in [0.29, 0.717) is 25.3 Å². The molecule has 1 aromatic carbocycles. The van der Waals surface area contributed by atoms with E-state index >= 15 is 0 Å². The number of carbonyl (C=O) groups excluding carboxylic acids is 2. The van der Waals surface area contributed by atoms with Gasteiger partial charge in [-0.2, -0.15) is 0 Å². The fourth-order valence-corrected chi connectivity index (χ4v) is 3.57. The molecule has 0 unspecified atom stereocenters. The van der Waals surface area contributed by atoms with Gasteiger partial charge >= 0.3 is 0 Å². The van der Waals surface area contributed by atoms with Crippen LogP contribution in [-0.4, -0.2) is 50.8 Å². The van der Waals surface area contributed by atoms with Crippen molar-refractivity contribution in [3.8, 4) is 0 Å². The van der Waals surface area contributed by atoms with Gasteiger partial charge in [0.2, 0.25) is 5.91 Å². The molecule has 0 spiro atoms. The third-order valence-corrected chi connectivity index (χ3v) is 5.02. The van der Waals surface area contributed by atoms with E-state index in [9.17, 15) is 14.0 Å². The summed E-state index contributed by atoms with van der Waals surface area (Å²) in [5, 5.41) is 8.05. The fraction of sp³-hybridized carbons (Fsp3) is 0.444. The van der Waals surface area contributed by atoms with Gasteiger partial charge in [0, 0.05) is 31.5 Å². The lowest BCUT2D eigenvalue weighted by molar-refractivity contribution is -0.139. The lowest BCUT2D eigenvalue weighted by Crippen LogP contribution is -2.50. The normalized spacial score (nSPS) is 21.8. The molecule has 26 heavy (non-hydrogen) atoms. The van der Waals surface area contributed by atoms with Gasteiger partial charge in [-0.1, -0.05) is 5.21 Å². The lowest BCUT2D eigenvalue weighted by Gasteiger charge is -2.41. The van der Waals surface area contributed by atoms with E-state index in [4.69, 9.17) is 4.74 Å². The first-order valence-corrected chi connectivity index (χ1v) is 8.69. The van der Waals surface area contributed by atoms with Crippen molar-refractivity contribution in [2.75, 3.05) is 13.1 Å². The van der Waals surface area contributed by atoms with Gasteiger partial charge in [-0.25, -0.2) is 9.07 Å². The monoisotopic (exact) mass is 358 g/mol. The average molecular weight is 358 g/mol. The van der Waals surface area contributed by atoms with Crippen LogP contribution >= 0.6 is 0 Å². The van der Waals surface area contributed by atoms with Crippen molar-refractivity contribution in [2.24, 2.45) is 0 Å². The van der Waals surface area contributed by atoms with Gasteiger partial charge in [0.25, 0.3) is 0 Å². The molecular formula is C18H19FN4O3. The number of benzene rings is 1. The number of aromatic nitrogens is 3. The minimum Gasteiger partial charge on any atom is -0.368 e. The molecule has 2 atom stereocenters. The number of Topliss-reactive ketones (excluding diaryl/α,β-unsaturated/α-hetero) is 1. The zero-order valence-electron chi connectivity index (χ0n) is 14.2. The van der Waals surface area contributed by atoms with E-state index in [1.54, 1.807) is 11.1 Å². The summed E-state index contributed by atoms with van der Waals surface area (Å²) in [7, 11) is 0. The molecule has 0 N–H and O–H groups in total. The SMILES string of the molecule is O=C(CCC(=O)N1CC[C@H]2[C@H](C1)OCc1cnnn12)c1ccc(F)cc1. The van der Waals surface area contributed by atoms with E-state index in [1.165, 1.54) is 24.3 Å². The highest BCUT2D eigenvalue weighted by Gasteiger charge is 2.37. The first-order valence-electron chi connectivity index (χ1n) is 8.69. The Hall–Kier alpha value is -2.61. The van der Waals surface area contributed by atoms with Gasteiger partial charge in [0.05, 0.1) is 30.6 Å². The highest BCUT2D eigenvalue weighted by atomic mass is 19.1. The molecular weight excluding hydrogens is 339 g/mol. The van der Waals surface area contributed by atoms with Crippen LogP contribution in [0.3, 0.4) is 0 Å². The van der Waals surface area contributed by atoms with Crippen LogP contribution in [0.25, 0.3) is 0 Å². The van der Waals surface area contributed by atoms with E-state index < -0.39 is 0 Å². The Morgan fingerprint density at radius 2 is 2.04 bits per heavy atom. The van der Waals surface area contributed by atoms with Crippen LogP contribution in [0.1, 0.15) is 41.4 Å². The number of hydrogen-bond donors (Lipinski definition) is 0. The molecule has 1 aromatic heterocycles. The number of fused-ring (bicyclic) bond motifs is 3. The van der Waals surface area contributed by atoms with Crippen LogP contribution in [-0.2, 0) is 16.1 Å². The predicted octanol–water partition coefficient (Wildman–Crippen LogP) is 1.75. The van der Waals surface area contributed by atoms with E-state index in [1.807, 2.05) is 4.68 Å². The molecule has 4 rings (SSSR count). The number of likely N-dealkylation sites (tertiary alicyclic amines) is 1. The van der Waals surface area contributed by atoms with Crippen molar-refractivity contribution in [1.82, 2.24) is 19.9 Å². The smallest absolute Gasteiger partial charge is 0.223 e. The maximum absolute atomic E-state index is 12.9. The van der Waals surface area contributed by atoms with Crippen molar-refractivity contribution in [3.05, 3.63) is 47.5 Å². The molecule has 0 saturated carbocycles. The second-order valence-electron chi connectivity index (χ2n) is 6.65. The molecule has 136 valence electrons. The first kappa shape index (κ1) is 16.8. The second-order valence-corrected chi connectivity index (χ2v) is 6.65. The maximum Gasteiger partial charge on any atom is 0.223 e. The largest absolute Gasteiger partial charge is 0.368 e. The van der Waals surface area contributed by atoms with Crippen molar-refractivity contribution in [3.63, 3.8) is 0 Å². The van der Waals surface area contributed by atoms with Crippen molar-refractivity contribution in [1.29, 1.82) is 0 Å². The topological polar surface area (TPSA) is 77.3 Å². The second kappa shape index (κ2) is 6.95. The van der Waals surface area contributed by atoms with Gasteiger partial charge in [-0.15, -0.1) is 5.10 Å². The summed E-state index contributed by atoms with van der Waals surface area (Å²) >= 11 is 0. The highest BCUT2D eigenvalue weighted by molar-refractivity contribution is 5.97. The zero-order valence-corrected chi connectivity index (χ0v) is 14.2. The predicted molar refractivity (Wildman–Crippen MR) is 88.8 cm³/mol. The number of nitrogens with zero attached hydrogens (tertiary/aromatic N) is 4. The highest BCUT2D eigenvalue weighted by Crippen LogP contribution is 2.30. The summed E-state index contributed by atoms with van der Waals surface area (Å²) < 4.78 is 20.7. The Morgan fingerprint density at radius 1 is 1.23 bits per heavy atom. The standard InChI is InChI=1S/C18H19FN4O3/c19-13-3-1-12(2-4-13)16(24)5-6-18(25)22-8-7-15-17(10-22)26-11-14-9-20-21-23(14)15/h1-4,9,15,17H,5-8,10-11H2/t15-,17-/m0/s1. The van der Waals surface area contributed by atoms with Crippen LogP contribution in [0.15, 0.2) is 30.5 Å². The van der Waals surface area contributed by atoms with Crippen LogP contribution in [0, 0.1) is 5.82 Å². The van der Waals surface area contributed by atoms with Gasteiger partial charge < -0.3 is 9.64 Å². The summed E-state index contributed by atoms with van der Waals surface area (Å²) in [6, 6.07) is 5.49. The number of carbonyl (C=O) groups is 2. The number of piperidine rings is 1. The molecule has 2 aliphatic heterocycles. The summed E-state index contributed by atoms with van der Waals surface area (Å²) in [5.41, 5.74) is 1.38. The number of ether oxygens (including phenoxy) is 1. The van der Waals surface area contributed by atoms with Gasteiger partial charge in [0.15, 0.2) is 5.78 Å². The molecule has 2 aromatic rings. The minimum atomic E-state index is -0.386. The third-order valence-electron chi connectivity index (χ3n) is 5.02.